The molecule has 0 unspecified atom stereocenters. The van der Waals surface area contributed by atoms with Gasteiger partial charge >= 0.3 is 0 Å². The van der Waals surface area contributed by atoms with E-state index in [-0.39, 0.29) is 18.4 Å². The number of piperidine rings is 1. The number of aromatic nitrogens is 1. The Bertz CT molecular complexity index is 585. The quantitative estimate of drug-likeness (QED) is 0.878. The van der Waals surface area contributed by atoms with Crippen molar-refractivity contribution in [2.75, 3.05) is 24.5 Å². The van der Waals surface area contributed by atoms with Gasteiger partial charge in [0.05, 0.1) is 18.7 Å². The predicted molar refractivity (Wildman–Crippen MR) is 83.7 cm³/mol. The van der Waals surface area contributed by atoms with Crippen LogP contribution in [0, 0.1) is 5.92 Å². The minimum Gasteiger partial charge on any atom is -0.467 e. The molecule has 0 aromatic carbocycles. The molecule has 1 aliphatic heterocycles. The predicted octanol–water partition coefficient (Wildman–Crippen LogP) is 1.80. The molecule has 2 aromatic rings. The van der Waals surface area contributed by atoms with Crippen molar-refractivity contribution in [3.63, 3.8) is 0 Å². The van der Waals surface area contributed by atoms with Gasteiger partial charge in [-0.1, -0.05) is 0 Å². The van der Waals surface area contributed by atoms with Crippen LogP contribution in [0.25, 0.3) is 0 Å². The molecule has 0 bridgehead atoms. The Labute approximate surface area is 132 Å². The second kappa shape index (κ2) is 6.93. The first kappa shape index (κ1) is 15.1. The maximum atomic E-state index is 12.3. The van der Waals surface area contributed by atoms with Gasteiger partial charge in [0.1, 0.15) is 11.9 Å². The summed E-state index contributed by atoms with van der Waals surface area (Å²) in [6.07, 6.45) is 4.32. The second-order valence-corrected chi connectivity index (χ2v) is 6.25. The van der Waals surface area contributed by atoms with Crippen LogP contribution in [0.4, 0.5) is 5.13 Å². The normalized spacial score (nSPS) is 19.9. The summed E-state index contributed by atoms with van der Waals surface area (Å²) in [4.78, 5) is 18.7. The lowest BCUT2D eigenvalue weighted by molar-refractivity contribution is -0.125. The first-order chi connectivity index (χ1) is 10.7. The number of amides is 1. The van der Waals surface area contributed by atoms with Crippen molar-refractivity contribution < 1.29 is 14.3 Å². The maximum Gasteiger partial charge on any atom is 0.225 e. The Morgan fingerprint density at radius 3 is 3.27 bits per heavy atom. The number of thiazole rings is 1. The average Bonchev–Trinajstić information content (AvgIpc) is 3.25. The van der Waals surface area contributed by atoms with Crippen molar-refractivity contribution >= 4 is 22.4 Å². The number of aliphatic hydroxyl groups excluding tert-OH is 1. The van der Waals surface area contributed by atoms with Gasteiger partial charge in [-0.3, -0.25) is 4.79 Å². The zero-order valence-electron chi connectivity index (χ0n) is 12.1. The van der Waals surface area contributed by atoms with Gasteiger partial charge in [-0.15, -0.1) is 11.3 Å². The van der Waals surface area contributed by atoms with Crippen LogP contribution in [0.2, 0.25) is 0 Å². The van der Waals surface area contributed by atoms with Gasteiger partial charge in [0.15, 0.2) is 5.13 Å². The molecule has 0 radical (unpaired) electrons. The van der Waals surface area contributed by atoms with E-state index in [2.05, 4.69) is 15.2 Å². The summed E-state index contributed by atoms with van der Waals surface area (Å²) in [5, 5.41) is 15.7. The lowest BCUT2D eigenvalue weighted by Crippen LogP contribution is -2.44. The van der Waals surface area contributed by atoms with E-state index in [1.807, 2.05) is 5.38 Å². The topological polar surface area (TPSA) is 78.6 Å². The van der Waals surface area contributed by atoms with Gasteiger partial charge in [0.25, 0.3) is 0 Å². The van der Waals surface area contributed by atoms with Crippen LogP contribution in [0.15, 0.2) is 34.4 Å². The molecule has 6 nitrogen and oxygen atoms in total. The highest BCUT2D eigenvalue weighted by Crippen LogP contribution is 2.25. The smallest absolute Gasteiger partial charge is 0.225 e. The summed E-state index contributed by atoms with van der Waals surface area (Å²) in [6.45, 7) is 1.78. The highest BCUT2D eigenvalue weighted by atomic mass is 32.1. The van der Waals surface area contributed by atoms with Crippen LogP contribution in [0.3, 0.4) is 0 Å². The van der Waals surface area contributed by atoms with Crippen molar-refractivity contribution in [1.29, 1.82) is 0 Å². The molecule has 0 saturated carbocycles. The molecule has 1 amide bonds. The summed E-state index contributed by atoms with van der Waals surface area (Å²) in [5.74, 6) is 0.377. The molecule has 22 heavy (non-hydrogen) atoms. The van der Waals surface area contributed by atoms with Crippen LogP contribution in [0.5, 0.6) is 0 Å². The molecule has 3 rings (SSSR count). The molecule has 1 fully saturated rings. The van der Waals surface area contributed by atoms with Gasteiger partial charge in [-0.2, -0.15) is 0 Å². The highest BCUT2D eigenvalue weighted by Gasteiger charge is 2.27. The molecule has 2 atom stereocenters. The van der Waals surface area contributed by atoms with E-state index in [0.717, 1.165) is 24.5 Å². The molecule has 2 N–H and O–H groups in total. The Morgan fingerprint density at radius 1 is 1.64 bits per heavy atom. The molecule has 2 aromatic heterocycles. The summed E-state index contributed by atoms with van der Waals surface area (Å²) >= 11 is 1.59. The zero-order valence-corrected chi connectivity index (χ0v) is 13.0. The van der Waals surface area contributed by atoms with Gasteiger partial charge in [-0.05, 0) is 25.0 Å². The van der Waals surface area contributed by atoms with Gasteiger partial charge < -0.3 is 19.7 Å². The summed E-state index contributed by atoms with van der Waals surface area (Å²) in [6, 6.07) is 3.41. The fourth-order valence-corrected chi connectivity index (χ4v) is 3.34. The van der Waals surface area contributed by atoms with Crippen LogP contribution in [-0.2, 0) is 4.79 Å². The number of aliphatic hydroxyl groups is 1. The number of nitrogens with one attached hydrogen (secondary N) is 1. The lowest BCUT2D eigenvalue weighted by Gasteiger charge is -2.31. The molecular formula is C15H19N3O3S. The first-order valence-corrected chi connectivity index (χ1v) is 8.25. The monoisotopic (exact) mass is 321 g/mol. The third-order valence-corrected chi connectivity index (χ3v) is 4.66. The number of carbonyl (C=O) groups is 1. The number of hydrogen-bond donors (Lipinski definition) is 2. The Hall–Kier alpha value is -1.86. The highest BCUT2D eigenvalue weighted by molar-refractivity contribution is 7.13. The molecular weight excluding hydrogens is 302 g/mol. The number of rotatable bonds is 5. The van der Waals surface area contributed by atoms with Crippen LogP contribution in [-0.4, -0.2) is 35.6 Å². The number of anilines is 1. The molecule has 0 spiro atoms. The molecule has 118 valence electrons. The minimum absolute atomic E-state index is 0.0214. The Morgan fingerprint density at radius 2 is 2.55 bits per heavy atom. The van der Waals surface area contributed by atoms with Crippen molar-refractivity contribution in [3.05, 3.63) is 35.7 Å². The zero-order chi connectivity index (χ0) is 15.4. The number of furan rings is 1. The van der Waals surface area contributed by atoms with E-state index in [1.165, 1.54) is 6.26 Å². The van der Waals surface area contributed by atoms with Crippen molar-refractivity contribution in [2.45, 2.75) is 18.9 Å². The third-order valence-electron chi connectivity index (χ3n) is 3.82. The molecule has 3 heterocycles. The lowest BCUT2D eigenvalue weighted by atomic mass is 9.97. The maximum absolute atomic E-state index is 12.3. The van der Waals surface area contributed by atoms with Crippen molar-refractivity contribution in [1.82, 2.24) is 10.3 Å². The fourth-order valence-electron chi connectivity index (χ4n) is 2.66. The van der Waals surface area contributed by atoms with Gasteiger partial charge in [0.2, 0.25) is 5.91 Å². The SMILES string of the molecule is O=C(NC[C@@H](O)c1ccco1)[C@@H]1CCCN(c2nccs2)C1. The number of carbonyl (C=O) groups excluding carboxylic acids is 1. The van der Waals surface area contributed by atoms with E-state index in [4.69, 9.17) is 4.42 Å². The molecule has 1 saturated heterocycles. The van der Waals surface area contributed by atoms with E-state index < -0.39 is 6.10 Å². The third kappa shape index (κ3) is 3.48. The van der Waals surface area contributed by atoms with Crippen LogP contribution >= 0.6 is 11.3 Å². The van der Waals surface area contributed by atoms with Crippen LogP contribution in [0.1, 0.15) is 24.7 Å². The van der Waals surface area contributed by atoms with Crippen molar-refractivity contribution in [3.8, 4) is 0 Å². The van der Waals surface area contributed by atoms with Gasteiger partial charge in [0, 0.05) is 24.7 Å². The number of nitrogens with zero attached hydrogens (tertiary/aromatic N) is 2. The van der Waals surface area contributed by atoms with E-state index in [0.29, 0.717) is 12.3 Å². The Kier molecular flexibility index (Phi) is 4.74. The van der Waals surface area contributed by atoms with E-state index >= 15 is 0 Å². The van der Waals surface area contributed by atoms with E-state index in [9.17, 15) is 9.90 Å². The minimum atomic E-state index is -0.808. The van der Waals surface area contributed by atoms with Crippen molar-refractivity contribution in [2.24, 2.45) is 5.92 Å². The largest absolute Gasteiger partial charge is 0.467 e. The average molecular weight is 321 g/mol. The van der Waals surface area contributed by atoms with Gasteiger partial charge in [-0.25, -0.2) is 4.98 Å². The standard InChI is InChI=1S/C15H19N3O3S/c19-12(13-4-2-7-21-13)9-17-14(20)11-3-1-6-18(10-11)15-16-5-8-22-15/h2,4-5,7-8,11-12,19H,1,3,6,9-10H2,(H,17,20)/t11-,12-/m1/s1. The number of hydrogen-bond acceptors (Lipinski definition) is 6. The molecule has 7 heteroatoms. The second-order valence-electron chi connectivity index (χ2n) is 5.38. The Balaban J connectivity index is 1.51. The van der Waals surface area contributed by atoms with Crippen LogP contribution < -0.4 is 10.2 Å². The summed E-state index contributed by atoms with van der Waals surface area (Å²) < 4.78 is 5.12. The van der Waals surface area contributed by atoms with E-state index in [1.54, 1.807) is 29.7 Å². The molecule has 0 aliphatic carbocycles. The fraction of sp³-hybridized carbons (Fsp3) is 0.467. The summed E-state index contributed by atoms with van der Waals surface area (Å²) in [5.41, 5.74) is 0. The first-order valence-electron chi connectivity index (χ1n) is 7.37. The molecule has 1 aliphatic rings. The summed E-state index contributed by atoms with van der Waals surface area (Å²) in [7, 11) is 0.